The minimum Gasteiger partial charge on any atom is -0.398 e. The summed E-state index contributed by atoms with van der Waals surface area (Å²) in [4.78, 5) is 1.03. The number of hydrogen-bond acceptors (Lipinski definition) is 2. The van der Waals surface area contributed by atoms with Gasteiger partial charge in [-0.3, -0.25) is 0 Å². The van der Waals surface area contributed by atoms with E-state index in [1.807, 2.05) is 18.4 Å². The summed E-state index contributed by atoms with van der Waals surface area (Å²) in [6, 6.07) is 5.46. The van der Waals surface area contributed by atoms with Crippen LogP contribution in [0, 0.1) is 0 Å². The van der Waals surface area contributed by atoms with Crippen molar-refractivity contribution in [3.05, 3.63) is 23.2 Å². The predicted octanol–water partition coefficient (Wildman–Crippen LogP) is 3.07. The minimum absolute atomic E-state index is 0. The third kappa shape index (κ3) is 2.81. The Balaban J connectivity index is 0.000001000. The Morgan fingerprint density at radius 3 is 2.55 bits per heavy atom. The number of benzene rings is 1. The third-order valence-electron chi connectivity index (χ3n) is 1.20. The standard InChI is InChI=1S/C7H8ClNS.ClH/c1-10-7-4-5(8)2-3-6(7)9;/h2-4H,9H2,1H3;1H. The fourth-order valence-electron chi connectivity index (χ4n) is 0.685. The summed E-state index contributed by atoms with van der Waals surface area (Å²) in [5, 5.41) is 0.735. The van der Waals surface area contributed by atoms with Gasteiger partial charge in [0, 0.05) is 15.6 Å². The zero-order valence-electron chi connectivity index (χ0n) is 6.00. The van der Waals surface area contributed by atoms with E-state index in [1.165, 1.54) is 0 Å². The first kappa shape index (κ1) is 11.0. The fourth-order valence-corrected chi connectivity index (χ4v) is 1.47. The molecule has 0 bridgehead atoms. The van der Waals surface area contributed by atoms with Crippen molar-refractivity contribution in [2.75, 3.05) is 12.0 Å². The number of halogens is 2. The fraction of sp³-hybridized carbons (Fsp3) is 0.143. The molecule has 4 heteroatoms. The summed E-state index contributed by atoms with van der Waals surface area (Å²) in [6.07, 6.45) is 1.97. The maximum Gasteiger partial charge on any atom is 0.0453 e. The Morgan fingerprint density at radius 2 is 2.09 bits per heavy atom. The molecule has 0 saturated carbocycles. The van der Waals surface area contributed by atoms with Crippen LogP contribution in [0.5, 0.6) is 0 Å². The van der Waals surface area contributed by atoms with Crippen LogP contribution in [0.3, 0.4) is 0 Å². The molecule has 2 N–H and O–H groups in total. The quantitative estimate of drug-likeness (QED) is 0.569. The van der Waals surface area contributed by atoms with Crippen LogP contribution in [0.25, 0.3) is 0 Å². The number of nitrogen functional groups attached to an aromatic ring is 1. The van der Waals surface area contributed by atoms with Gasteiger partial charge in [-0.1, -0.05) is 11.6 Å². The first-order chi connectivity index (χ1) is 4.74. The van der Waals surface area contributed by atoms with Gasteiger partial charge in [-0.2, -0.15) is 0 Å². The van der Waals surface area contributed by atoms with Crippen LogP contribution in [-0.4, -0.2) is 6.26 Å². The van der Waals surface area contributed by atoms with E-state index in [2.05, 4.69) is 0 Å². The SMILES string of the molecule is CSc1cc(Cl)ccc1N.Cl. The van der Waals surface area contributed by atoms with Crippen molar-refractivity contribution in [2.45, 2.75) is 4.90 Å². The Kier molecular flexibility index (Phi) is 4.73. The van der Waals surface area contributed by atoms with Gasteiger partial charge in [-0.15, -0.1) is 24.2 Å². The number of anilines is 1. The monoisotopic (exact) mass is 209 g/mol. The smallest absolute Gasteiger partial charge is 0.0453 e. The lowest BCUT2D eigenvalue weighted by Crippen LogP contribution is -1.86. The van der Waals surface area contributed by atoms with E-state index in [-0.39, 0.29) is 12.4 Å². The van der Waals surface area contributed by atoms with Crippen molar-refractivity contribution in [2.24, 2.45) is 0 Å². The maximum absolute atomic E-state index is 5.73. The van der Waals surface area contributed by atoms with E-state index in [0.29, 0.717) is 0 Å². The molecule has 1 nitrogen and oxygen atoms in total. The molecule has 1 aromatic carbocycles. The van der Waals surface area contributed by atoms with E-state index < -0.39 is 0 Å². The van der Waals surface area contributed by atoms with E-state index in [1.54, 1.807) is 17.8 Å². The minimum atomic E-state index is 0. The largest absolute Gasteiger partial charge is 0.398 e. The molecule has 0 aliphatic carbocycles. The second-order valence-corrected chi connectivity index (χ2v) is 3.17. The molecule has 0 radical (unpaired) electrons. The molecular weight excluding hydrogens is 201 g/mol. The van der Waals surface area contributed by atoms with Crippen LogP contribution in [-0.2, 0) is 0 Å². The third-order valence-corrected chi connectivity index (χ3v) is 2.22. The lowest BCUT2D eigenvalue weighted by Gasteiger charge is -2.00. The summed E-state index contributed by atoms with van der Waals surface area (Å²) < 4.78 is 0. The highest BCUT2D eigenvalue weighted by atomic mass is 35.5. The Bertz CT molecular complexity index is 240. The van der Waals surface area contributed by atoms with Gasteiger partial charge in [0.15, 0.2) is 0 Å². The highest BCUT2D eigenvalue weighted by Crippen LogP contribution is 2.25. The lowest BCUT2D eigenvalue weighted by molar-refractivity contribution is 1.47. The average Bonchev–Trinajstić information content (AvgIpc) is 1.94. The van der Waals surface area contributed by atoms with Crippen molar-refractivity contribution >= 4 is 41.5 Å². The lowest BCUT2D eigenvalue weighted by atomic mass is 10.3. The molecule has 1 aromatic rings. The highest BCUT2D eigenvalue weighted by Gasteiger charge is 1.96. The van der Waals surface area contributed by atoms with E-state index in [0.717, 1.165) is 15.6 Å². The Morgan fingerprint density at radius 1 is 1.45 bits per heavy atom. The van der Waals surface area contributed by atoms with Gasteiger partial charge in [0.1, 0.15) is 0 Å². The summed E-state index contributed by atoms with van der Waals surface area (Å²) in [5.74, 6) is 0. The van der Waals surface area contributed by atoms with Crippen molar-refractivity contribution in [1.29, 1.82) is 0 Å². The molecule has 0 aliphatic heterocycles. The molecule has 0 atom stereocenters. The van der Waals surface area contributed by atoms with Crippen molar-refractivity contribution < 1.29 is 0 Å². The first-order valence-electron chi connectivity index (χ1n) is 2.83. The van der Waals surface area contributed by atoms with E-state index in [4.69, 9.17) is 17.3 Å². The summed E-state index contributed by atoms with van der Waals surface area (Å²) >= 11 is 7.33. The number of hydrogen-bond donors (Lipinski definition) is 1. The predicted molar refractivity (Wildman–Crippen MR) is 54.9 cm³/mol. The first-order valence-corrected chi connectivity index (χ1v) is 4.43. The summed E-state index contributed by atoms with van der Waals surface area (Å²) in [7, 11) is 0. The maximum atomic E-state index is 5.73. The molecule has 0 unspecified atom stereocenters. The molecule has 62 valence electrons. The van der Waals surface area contributed by atoms with E-state index in [9.17, 15) is 0 Å². The zero-order chi connectivity index (χ0) is 7.56. The average molecular weight is 210 g/mol. The molecule has 1 rings (SSSR count). The Labute approximate surface area is 81.7 Å². The van der Waals surface area contributed by atoms with Crippen molar-refractivity contribution in [1.82, 2.24) is 0 Å². The number of rotatable bonds is 1. The highest BCUT2D eigenvalue weighted by molar-refractivity contribution is 7.98. The van der Waals surface area contributed by atoms with Gasteiger partial charge in [-0.05, 0) is 24.5 Å². The molecule has 0 heterocycles. The van der Waals surface area contributed by atoms with Crippen molar-refractivity contribution in [3.63, 3.8) is 0 Å². The second kappa shape index (κ2) is 4.75. The molecule has 11 heavy (non-hydrogen) atoms. The van der Waals surface area contributed by atoms with E-state index >= 15 is 0 Å². The van der Waals surface area contributed by atoms with Gasteiger partial charge in [0.05, 0.1) is 0 Å². The molecule has 0 aromatic heterocycles. The molecule has 0 aliphatic rings. The van der Waals surface area contributed by atoms with Gasteiger partial charge in [0.2, 0.25) is 0 Å². The van der Waals surface area contributed by atoms with Crippen LogP contribution in [0.15, 0.2) is 23.1 Å². The number of thioether (sulfide) groups is 1. The topological polar surface area (TPSA) is 26.0 Å². The molecule has 0 saturated heterocycles. The van der Waals surface area contributed by atoms with Gasteiger partial charge in [-0.25, -0.2) is 0 Å². The van der Waals surface area contributed by atoms with Gasteiger partial charge < -0.3 is 5.73 Å². The van der Waals surface area contributed by atoms with Crippen molar-refractivity contribution in [3.8, 4) is 0 Å². The second-order valence-electron chi connectivity index (χ2n) is 1.89. The summed E-state index contributed by atoms with van der Waals surface area (Å²) in [6.45, 7) is 0. The molecule has 0 fully saturated rings. The zero-order valence-corrected chi connectivity index (χ0v) is 8.39. The Hall–Kier alpha value is -0.0500. The number of nitrogens with two attached hydrogens (primary N) is 1. The van der Waals surface area contributed by atoms with Crippen LogP contribution in [0.4, 0.5) is 5.69 Å². The molecular formula is C7H9Cl2NS. The summed E-state index contributed by atoms with van der Waals surface area (Å²) in [5.41, 5.74) is 6.41. The normalized spacial score (nSPS) is 8.91. The molecule has 0 spiro atoms. The van der Waals surface area contributed by atoms with Crippen LogP contribution in [0.2, 0.25) is 5.02 Å². The van der Waals surface area contributed by atoms with Gasteiger partial charge in [0.25, 0.3) is 0 Å². The van der Waals surface area contributed by atoms with Crippen LogP contribution < -0.4 is 5.73 Å². The van der Waals surface area contributed by atoms with Crippen LogP contribution in [0.1, 0.15) is 0 Å². The van der Waals surface area contributed by atoms with Gasteiger partial charge >= 0.3 is 0 Å². The molecule has 0 amide bonds. The van der Waals surface area contributed by atoms with Crippen LogP contribution >= 0.6 is 35.8 Å².